The summed E-state index contributed by atoms with van der Waals surface area (Å²) in [6, 6.07) is 11.6. The van der Waals surface area contributed by atoms with Crippen LogP contribution in [0.3, 0.4) is 0 Å². The Labute approximate surface area is 157 Å². The van der Waals surface area contributed by atoms with Crippen LogP contribution in [-0.2, 0) is 4.79 Å². The fourth-order valence-electron chi connectivity index (χ4n) is 2.77. The fraction of sp³-hybridized carbons (Fsp3) is 0.350. The van der Waals surface area contributed by atoms with Crippen LogP contribution in [0, 0.1) is 13.8 Å². The van der Waals surface area contributed by atoms with E-state index in [0.29, 0.717) is 5.56 Å². The van der Waals surface area contributed by atoms with Gasteiger partial charge in [0.15, 0.2) is 0 Å². The lowest BCUT2D eigenvalue weighted by atomic mass is 10.1. The first-order valence-corrected chi connectivity index (χ1v) is 8.53. The van der Waals surface area contributed by atoms with Crippen molar-refractivity contribution in [3.63, 3.8) is 0 Å². The van der Waals surface area contributed by atoms with Crippen LogP contribution >= 0.6 is 0 Å². The van der Waals surface area contributed by atoms with Gasteiger partial charge in [0, 0.05) is 12.2 Å². The number of aryl methyl sites for hydroxylation is 2. The summed E-state index contributed by atoms with van der Waals surface area (Å²) in [7, 11) is 1.72. The number of rotatable bonds is 8. The molecule has 0 heterocycles. The molecule has 0 bridgehead atoms. The monoisotopic (exact) mass is 378 g/mol. The van der Waals surface area contributed by atoms with E-state index in [1.807, 2.05) is 32.0 Å². The Kier molecular flexibility index (Phi) is 7.27. The number of nitrogens with one attached hydrogen (secondary N) is 1. The molecule has 2 N–H and O–H groups in total. The topological polar surface area (TPSA) is 61.8 Å². The minimum Gasteiger partial charge on any atom is -0.435 e. The molecule has 1 atom stereocenters. The van der Waals surface area contributed by atoms with Gasteiger partial charge in [-0.15, -0.1) is 0 Å². The van der Waals surface area contributed by atoms with Gasteiger partial charge in [-0.1, -0.05) is 30.3 Å². The minimum atomic E-state index is -2.89. The van der Waals surface area contributed by atoms with Crippen molar-refractivity contribution in [2.24, 2.45) is 0 Å². The molecule has 2 aromatic carbocycles. The van der Waals surface area contributed by atoms with Crippen LogP contribution in [0.25, 0.3) is 0 Å². The molecule has 146 valence electrons. The highest BCUT2D eigenvalue weighted by atomic mass is 19.3. The van der Waals surface area contributed by atoms with Crippen molar-refractivity contribution in [1.29, 1.82) is 0 Å². The van der Waals surface area contributed by atoms with E-state index in [4.69, 9.17) is 0 Å². The highest BCUT2D eigenvalue weighted by Crippen LogP contribution is 2.21. The van der Waals surface area contributed by atoms with E-state index in [2.05, 4.69) is 10.1 Å². The normalized spacial score (nSPS) is 12.3. The van der Waals surface area contributed by atoms with E-state index >= 15 is 0 Å². The highest BCUT2D eigenvalue weighted by Gasteiger charge is 2.15. The number of carbonyl (C=O) groups is 1. The number of alkyl halides is 2. The fourth-order valence-corrected chi connectivity index (χ4v) is 2.77. The molecule has 0 aliphatic carbocycles. The zero-order chi connectivity index (χ0) is 20.0. The van der Waals surface area contributed by atoms with Crippen molar-refractivity contribution in [2.45, 2.75) is 26.6 Å². The van der Waals surface area contributed by atoms with Crippen LogP contribution in [0.2, 0.25) is 0 Å². The molecule has 0 saturated heterocycles. The van der Waals surface area contributed by atoms with Crippen LogP contribution in [0.5, 0.6) is 5.75 Å². The zero-order valence-electron chi connectivity index (χ0n) is 15.6. The number of halogens is 2. The second-order valence-corrected chi connectivity index (χ2v) is 6.48. The van der Waals surface area contributed by atoms with Crippen molar-refractivity contribution >= 4 is 11.6 Å². The van der Waals surface area contributed by atoms with Crippen molar-refractivity contribution in [2.75, 3.05) is 25.5 Å². The number of aliphatic hydroxyl groups excluding tert-OH is 1. The molecule has 0 aliphatic heterocycles. The van der Waals surface area contributed by atoms with Gasteiger partial charge < -0.3 is 15.2 Å². The summed E-state index contributed by atoms with van der Waals surface area (Å²) in [6.07, 6.45) is -0.858. The predicted molar refractivity (Wildman–Crippen MR) is 100 cm³/mol. The van der Waals surface area contributed by atoms with Crippen LogP contribution in [0.15, 0.2) is 42.5 Å². The summed E-state index contributed by atoms with van der Waals surface area (Å²) in [5.41, 5.74) is 3.32. The third-order valence-corrected chi connectivity index (χ3v) is 4.13. The minimum absolute atomic E-state index is 0.0299. The lowest BCUT2D eigenvalue weighted by Gasteiger charge is -2.21. The standard InChI is InChI=1S/C20H24F2N2O3/c1-13-5-4-6-14(2)19(13)23-18(26)12-24(3)11-17(25)15-7-9-16(10-8-15)27-20(21)22/h4-10,17,20,25H,11-12H2,1-3H3,(H,23,26)/t17-/m0/s1. The number of nitrogens with zero attached hydrogens (tertiary/aromatic N) is 1. The third kappa shape index (κ3) is 6.30. The van der Waals surface area contributed by atoms with Gasteiger partial charge in [0.1, 0.15) is 5.75 Å². The Bertz CT molecular complexity index is 746. The predicted octanol–water partition coefficient (Wildman–Crippen LogP) is 3.51. The second-order valence-electron chi connectivity index (χ2n) is 6.48. The summed E-state index contributed by atoms with van der Waals surface area (Å²) >= 11 is 0. The highest BCUT2D eigenvalue weighted by molar-refractivity contribution is 5.93. The quantitative estimate of drug-likeness (QED) is 0.738. The number of amides is 1. The van der Waals surface area contributed by atoms with E-state index in [1.54, 1.807) is 11.9 Å². The molecule has 0 radical (unpaired) electrons. The zero-order valence-corrected chi connectivity index (χ0v) is 15.6. The number of anilines is 1. The molecule has 5 nitrogen and oxygen atoms in total. The second kappa shape index (κ2) is 9.43. The summed E-state index contributed by atoms with van der Waals surface area (Å²) in [5, 5.41) is 13.2. The van der Waals surface area contributed by atoms with Crippen LogP contribution < -0.4 is 10.1 Å². The molecule has 2 rings (SSSR count). The van der Waals surface area contributed by atoms with Gasteiger partial charge in [0.25, 0.3) is 0 Å². The molecule has 1 amide bonds. The van der Waals surface area contributed by atoms with Gasteiger partial charge in [-0.05, 0) is 49.7 Å². The maximum atomic E-state index is 12.3. The van der Waals surface area contributed by atoms with E-state index in [-0.39, 0.29) is 24.7 Å². The summed E-state index contributed by atoms with van der Waals surface area (Å²) in [5.74, 6) is -0.148. The number of aliphatic hydroxyl groups is 1. The molecule has 0 fully saturated rings. The molecule has 0 unspecified atom stereocenters. The van der Waals surface area contributed by atoms with E-state index in [0.717, 1.165) is 16.8 Å². The summed E-state index contributed by atoms with van der Waals surface area (Å²) < 4.78 is 28.6. The van der Waals surface area contributed by atoms with Crippen molar-refractivity contribution < 1.29 is 23.4 Å². The van der Waals surface area contributed by atoms with Crippen molar-refractivity contribution in [1.82, 2.24) is 4.90 Å². The Morgan fingerprint density at radius 3 is 2.30 bits per heavy atom. The Balaban J connectivity index is 1.88. The molecular weight excluding hydrogens is 354 g/mol. The van der Waals surface area contributed by atoms with E-state index in [1.165, 1.54) is 24.3 Å². The van der Waals surface area contributed by atoms with Crippen LogP contribution in [0.1, 0.15) is 22.8 Å². The molecule has 0 spiro atoms. The first-order chi connectivity index (χ1) is 12.8. The number of benzene rings is 2. The van der Waals surface area contributed by atoms with Crippen LogP contribution in [-0.4, -0.2) is 42.7 Å². The largest absolute Gasteiger partial charge is 0.435 e. The van der Waals surface area contributed by atoms with Gasteiger partial charge in [-0.3, -0.25) is 9.69 Å². The number of para-hydroxylation sites is 1. The lowest BCUT2D eigenvalue weighted by molar-refractivity contribution is -0.117. The Morgan fingerprint density at radius 1 is 1.15 bits per heavy atom. The smallest absolute Gasteiger partial charge is 0.387 e. The van der Waals surface area contributed by atoms with Crippen molar-refractivity contribution in [3.05, 3.63) is 59.2 Å². The molecular formula is C20H24F2N2O3. The first-order valence-electron chi connectivity index (χ1n) is 8.53. The van der Waals surface area contributed by atoms with Gasteiger partial charge in [-0.2, -0.15) is 8.78 Å². The summed E-state index contributed by atoms with van der Waals surface area (Å²) in [4.78, 5) is 14.0. The third-order valence-electron chi connectivity index (χ3n) is 4.13. The number of likely N-dealkylation sites (N-methyl/N-ethyl adjacent to an activating group) is 1. The van der Waals surface area contributed by atoms with E-state index in [9.17, 15) is 18.7 Å². The number of hydrogen-bond acceptors (Lipinski definition) is 4. The maximum Gasteiger partial charge on any atom is 0.387 e. The number of hydrogen-bond donors (Lipinski definition) is 2. The van der Waals surface area contributed by atoms with Gasteiger partial charge in [0.2, 0.25) is 5.91 Å². The van der Waals surface area contributed by atoms with Gasteiger partial charge in [0.05, 0.1) is 12.6 Å². The lowest BCUT2D eigenvalue weighted by Crippen LogP contribution is -2.33. The average molecular weight is 378 g/mol. The molecule has 2 aromatic rings. The molecule has 0 aliphatic rings. The Morgan fingerprint density at radius 2 is 1.74 bits per heavy atom. The molecule has 27 heavy (non-hydrogen) atoms. The van der Waals surface area contributed by atoms with Gasteiger partial charge >= 0.3 is 6.61 Å². The summed E-state index contributed by atoms with van der Waals surface area (Å²) in [6.45, 7) is 1.30. The molecule has 7 heteroatoms. The maximum absolute atomic E-state index is 12.3. The molecule has 0 aromatic heterocycles. The number of carbonyl (C=O) groups excluding carboxylic acids is 1. The number of ether oxygens (including phenoxy) is 1. The van der Waals surface area contributed by atoms with Crippen LogP contribution in [0.4, 0.5) is 14.5 Å². The van der Waals surface area contributed by atoms with Gasteiger partial charge in [-0.25, -0.2) is 0 Å². The van der Waals surface area contributed by atoms with Crippen molar-refractivity contribution in [3.8, 4) is 5.75 Å². The van der Waals surface area contributed by atoms with E-state index < -0.39 is 12.7 Å². The first kappa shape index (κ1) is 20.8. The average Bonchev–Trinajstić information content (AvgIpc) is 2.58. The Hall–Kier alpha value is -2.51. The molecule has 0 saturated carbocycles. The SMILES string of the molecule is Cc1cccc(C)c1NC(=O)CN(C)C[C@H](O)c1ccc(OC(F)F)cc1.